The van der Waals surface area contributed by atoms with Crippen LogP contribution in [0.4, 0.5) is 10.5 Å². The number of anilines is 1. The number of hydrazine groups is 1. The third kappa shape index (κ3) is 5.03. The maximum Gasteiger partial charge on any atom is 0.426 e. The second-order valence-corrected chi connectivity index (χ2v) is 8.25. The van der Waals surface area contributed by atoms with E-state index in [0.29, 0.717) is 5.69 Å². The molecule has 0 radical (unpaired) electrons. The van der Waals surface area contributed by atoms with Gasteiger partial charge in [0, 0.05) is 17.0 Å². The molecule has 35 heavy (non-hydrogen) atoms. The summed E-state index contributed by atoms with van der Waals surface area (Å²) in [5, 5.41) is 8.41. The van der Waals surface area contributed by atoms with Gasteiger partial charge in [-0.2, -0.15) is 0 Å². The van der Waals surface area contributed by atoms with Crippen LogP contribution in [0.5, 0.6) is 0 Å². The lowest BCUT2D eigenvalue weighted by Crippen LogP contribution is -2.31. The SMILES string of the molecule is CC(=O)c1cccc(NNC(=O)OCc2ccccc2-n2nnc3ccccc32)c1C(=O)C(C)C. The second kappa shape index (κ2) is 10.2. The topological polar surface area (TPSA) is 115 Å². The maximum absolute atomic E-state index is 12.7. The Morgan fingerprint density at radius 3 is 2.49 bits per heavy atom. The minimum Gasteiger partial charge on any atom is -0.443 e. The highest BCUT2D eigenvalue weighted by Crippen LogP contribution is 2.24. The van der Waals surface area contributed by atoms with E-state index >= 15 is 0 Å². The van der Waals surface area contributed by atoms with E-state index in [1.54, 1.807) is 36.7 Å². The average molecular weight is 472 g/mol. The number of hydrogen-bond acceptors (Lipinski definition) is 7. The van der Waals surface area contributed by atoms with Crippen molar-refractivity contribution in [2.45, 2.75) is 27.4 Å². The fraction of sp³-hybridized carbons (Fsp3) is 0.192. The molecule has 3 aromatic carbocycles. The first-order chi connectivity index (χ1) is 16.9. The van der Waals surface area contributed by atoms with Gasteiger partial charge in [-0.05, 0) is 31.2 Å². The van der Waals surface area contributed by atoms with Crippen LogP contribution in [-0.2, 0) is 11.3 Å². The summed E-state index contributed by atoms with van der Waals surface area (Å²) in [5.41, 5.74) is 9.06. The van der Waals surface area contributed by atoms with E-state index in [1.807, 2.05) is 48.5 Å². The van der Waals surface area contributed by atoms with Gasteiger partial charge in [-0.15, -0.1) is 5.10 Å². The molecule has 1 aromatic heterocycles. The number of carbonyl (C=O) groups is 3. The van der Waals surface area contributed by atoms with Gasteiger partial charge in [0.1, 0.15) is 12.1 Å². The van der Waals surface area contributed by atoms with Crippen molar-refractivity contribution in [3.05, 3.63) is 83.4 Å². The van der Waals surface area contributed by atoms with Gasteiger partial charge in [0.05, 0.1) is 22.5 Å². The number of benzene rings is 3. The van der Waals surface area contributed by atoms with Crippen molar-refractivity contribution < 1.29 is 19.1 Å². The van der Waals surface area contributed by atoms with Gasteiger partial charge in [0.25, 0.3) is 0 Å². The summed E-state index contributed by atoms with van der Waals surface area (Å²) in [6.45, 7) is 4.87. The molecule has 0 fully saturated rings. The molecule has 9 nitrogen and oxygen atoms in total. The third-order valence-electron chi connectivity index (χ3n) is 5.44. The van der Waals surface area contributed by atoms with Crippen molar-refractivity contribution in [3.63, 3.8) is 0 Å². The molecule has 9 heteroatoms. The molecule has 0 saturated carbocycles. The summed E-state index contributed by atoms with van der Waals surface area (Å²) in [5.74, 6) is -0.771. The molecule has 0 aliphatic rings. The number of para-hydroxylation sites is 2. The van der Waals surface area contributed by atoms with E-state index < -0.39 is 6.09 Å². The number of aromatic nitrogens is 3. The Morgan fingerprint density at radius 1 is 0.971 bits per heavy atom. The van der Waals surface area contributed by atoms with Crippen LogP contribution in [0.1, 0.15) is 47.1 Å². The number of amides is 1. The number of hydrogen-bond donors (Lipinski definition) is 2. The highest BCUT2D eigenvalue weighted by molar-refractivity contribution is 6.12. The van der Waals surface area contributed by atoms with E-state index in [4.69, 9.17) is 4.74 Å². The standard InChI is InChI=1S/C26H25N5O4/c1-16(2)25(33)24-19(17(3)32)10-8-12-21(24)27-29-26(34)35-15-18-9-4-6-13-22(18)31-23-14-7-5-11-20(23)28-30-31/h4-14,16,27H,15H2,1-3H3,(H,29,34). The van der Waals surface area contributed by atoms with Crippen molar-refractivity contribution in [2.75, 3.05) is 5.43 Å². The molecule has 0 aliphatic heterocycles. The lowest BCUT2D eigenvalue weighted by atomic mass is 9.93. The number of Topliss-reactive ketones (excluding diaryl/α,β-unsaturated/α-hetero) is 2. The van der Waals surface area contributed by atoms with Crippen LogP contribution in [0.25, 0.3) is 16.7 Å². The van der Waals surface area contributed by atoms with Gasteiger partial charge in [-0.25, -0.2) is 14.9 Å². The normalized spacial score (nSPS) is 10.9. The van der Waals surface area contributed by atoms with Crippen LogP contribution in [-0.4, -0.2) is 32.7 Å². The predicted molar refractivity (Wildman–Crippen MR) is 131 cm³/mol. The number of nitrogens with zero attached hydrogens (tertiary/aromatic N) is 3. The molecule has 2 N–H and O–H groups in total. The predicted octanol–water partition coefficient (Wildman–Crippen LogP) is 4.72. The molecule has 0 aliphatic carbocycles. The molecular weight excluding hydrogens is 446 g/mol. The van der Waals surface area contributed by atoms with Crippen LogP contribution >= 0.6 is 0 Å². The van der Waals surface area contributed by atoms with E-state index in [9.17, 15) is 14.4 Å². The van der Waals surface area contributed by atoms with Gasteiger partial charge in [-0.3, -0.25) is 15.0 Å². The Balaban J connectivity index is 1.48. The van der Waals surface area contributed by atoms with Crippen LogP contribution < -0.4 is 10.9 Å². The highest BCUT2D eigenvalue weighted by atomic mass is 16.6. The summed E-state index contributed by atoms with van der Waals surface area (Å²) in [7, 11) is 0. The minimum atomic E-state index is -0.751. The van der Waals surface area contributed by atoms with E-state index in [1.165, 1.54) is 6.92 Å². The van der Waals surface area contributed by atoms with Crippen molar-refractivity contribution >= 4 is 34.4 Å². The maximum atomic E-state index is 12.7. The van der Waals surface area contributed by atoms with E-state index in [-0.39, 0.29) is 35.2 Å². The Bertz CT molecular complexity index is 1410. The zero-order chi connectivity index (χ0) is 24.9. The number of rotatable bonds is 8. The molecule has 0 bridgehead atoms. The third-order valence-corrected chi connectivity index (χ3v) is 5.44. The van der Waals surface area contributed by atoms with Crippen LogP contribution in [0.3, 0.4) is 0 Å². The van der Waals surface area contributed by atoms with Gasteiger partial charge >= 0.3 is 6.09 Å². The quantitative estimate of drug-likeness (QED) is 0.282. The number of nitrogens with one attached hydrogen (secondary N) is 2. The first-order valence-corrected chi connectivity index (χ1v) is 11.1. The van der Waals surface area contributed by atoms with Crippen molar-refractivity contribution in [1.29, 1.82) is 0 Å². The minimum absolute atomic E-state index is 0.0247. The molecule has 1 amide bonds. The molecule has 0 unspecified atom stereocenters. The van der Waals surface area contributed by atoms with Crippen LogP contribution in [0.2, 0.25) is 0 Å². The van der Waals surface area contributed by atoms with Crippen molar-refractivity contribution in [3.8, 4) is 5.69 Å². The van der Waals surface area contributed by atoms with Crippen LogP contribution in [0.15, 0.2) is 66.7 Å². The number of carbonyl (C=O) groups excluding carboxylic acids is 3. The first-order valence-electron chi connectivity index (χ1n) is 11.1. The second-order valence-electron chi connectivity index (χ2n) is 8.25. The van der Waals surface area contributed by atoms with Crippen molar-refractivity contribution in [2.24, 2.45) is 5.92 Å². The summed E-state index contributed by atoms with van der Waals surface area (Å²) >= 11 is 0. The number of ether oxygens (including phenoxy) is 1. The van der Waals surface area contributed by atoms with Gasteiger partial charge in [-0.1, -0.05) is 61.5 Å². The Hall–Kier alpha value is -4.53. The molecule has 0 atom stereocenters. The monoisotopic (exact) mass is 471 g/mol. The summed E-state index contributed by atoms with van der Waals surface area (Å²) in [6.07, 6.45) is -0.751. The largest absolute Gasteiger partial charge is 0.443 e. The first kappa shape index (κ1) is 23.6. The Kier molecular flexibility index (Phi) is 6.86. The Morgan fingerprint density at radius 2 is 1.71 bits per heavy atom. The number of ketones is 2. The van der Waals surface area contributed by atoms with Crippen LogP contribution in [0, 0.1) is 5.92 Å². The zero-order valence-corrected chi connectivity index (χ0v) is 19.6. The molecule has 4 rings (SSSR count). The van der Waals surface area contributed by atoms with Gasteiger partial charge < -0.3 is 4.74 Å². The molecule has 0 spiro atoms. The molecule has 178 valence electrons. The Labute approximate surface area is 202 Å². The van der Waals surface area contributed by atoms with Gasteiger partial charge in [0.15, 0.2) is 11.6 Å². The summed E-state index contributed by atoms with van der Waals surface area (Å²) in [4.78, 5) is 37.2. The smallest absolute Gasteiger partial charge is 0.426 e. The van der Waals surface area contributed by atoms with Gasteiger partial charge in [0.2, 0.25) is 0 Å². The molecule has 0 saturated heterocycles. The van der Waals surface area contributed by atoms with E-state index in [2.05, 4.69) is 21.2 Å². The molecule has 4 aromatic rings. The van der Waals surface area contributed by atoms with Crippen molar-refractivity contribution in [1.82, 2.24) is 20.4 Å². The number of fused-ring (bicyclic) bond motifs is 1. The zero-order valence-electron chi connectivity index (χ0n) is 19.6. The summed E-state index contributed by atoms with van der Waals surface area (Å²) in [6, 6.07) is 19.8. The highest BCUT2D eigenvalue weighted by Gasteiger charge is 2.21. The summed E-state index contributed by atoms with van der Waals surface area (Å²) < 4.78 is 7.10. The van der Waals surface area contributed by atoms with E-state index in [0.717, 1.165) is 22.3 Å². The lowest BCUT2D eigenvalue weighted by molar-refractivity contribution is 0.0927. The fourth-order valence-electron chi connectivity index (χ4n) is 3.69. The fourth-order valence-corrected chi connectivity index (χ4v) is 3.69. The average Bonchev–Trinajstić information content (AvgIpc) is 3.29. The molecular formula is C26H25N5O4. The lowest BCUT2D eigenvalue weighted by Gasteiger charge is -2.16. The molecule has 1 heterocycles.